The van der Waals surface area contributed by atoms with Crippen molar-refractivity contribution in [3.63, 3.8) is 0 Å². The molecular formula is C18H23N3O4S. The van der Waals surface area contributed by atoms with E-state index in [2.05, 4.69) is 9.62 Å². The third kappa shape index (κ3) is 4.14. The number of benzene rings is 1. The Morgan fingerprint density at radius 2 is 2.15 bits per heavy atom. The maximum atomic E-state index is 12.7. The van der Waals surface area contributed by atoms with Crippen molar-refractivity contribution in [2.75, 3.05) is 27.2 Å². The Kier molecular flexibility index (Phi) is 5.45. The summed E-state index contributed by atoms with van der Waals surface area (Å²) in [6.07, 6.45) is 3.89. The summed E-state index contributed by atoms with van der Waals surface area (Å²) in [5.74, 6) is -0.138. The molecule has 0 radical (unpaired) electrons. The monoisotopic (exact) mass is 377 g/mol. The summed E-state index contributed by atoms with van der Waals surface area (Å²) in [6, 6.07) is 8.20. The molecule has 2 heterocycles. The van der Waals surface area contributed by atoms with Crippen molar-refractivity contribution < 1.29 is 17.6 Å². The lowest BCUT2D eigenvalue weighted by molar-refractivity contribution is 0.0783. The number of likely N-dealkylation sites (tertiary alicyclic amines) is 1. The molecule has 1 unspecified atom stereocenters. The van der Waals surface area contributed by atoms with Gasteiger partial charge in [0.1, 0.15) is 0 Å². The second-order valence-corrected chi connectivity index (χ2v) is 8.41. The number of hydrogen-bond donors (Lipinski definition) is 1. The van der Waals surface area contributed by atoms with Crippen LogP contribution in [0, 0.1) is 0 Å². The van der Waals surface area contributed by atoms with Gasteiger partial charge in [0, 0.05) is 36.8 Å². The zero-order chi connectivity index (χ0) is 18.7. The van der Waals surface area contributed by atoms with Gasteiger partial charge in [0.2, 0.25) is 10.0 Å². The van der Waals surface area contributed by atoms with E-state index in [1.54, 1.807) is 23.1 Å². The van der Waals surface area contributed by atoms with Crippen LogP contribution in [0.15, 0.2) is 52.2 Å². The molecular weight excluding hydrogens is 354 g/mol. The average molecular weight is 377 g/mol. The van der Waals surface area contributed by atoms with Crippen molar-refractivity contribution in [3.05, 3.63) is 54.0 Å². The van der Waals surface area contributed by atoms with Crippen LogP contribution >= 0.6 is 0 Å². The number of furan rings is 1. The van der Waals surface area contributed by atoms with Gasteiger partial charge in [-0.15, -0.1) is 0 Å². The molecule has 1 aromatic heterocycles. The molecule has 1 aliphatic heterocycles. The molecule has 0 bridgehead atoms. The Bertz CT molecular complexity index is 862. The van der Waals surface area contributed by atoms with E-state index in [4.69, 9.17) is 4.42 Å². The second-order valence-electron chi connectivity index (χ2n) is 6.64. The van der Waals surface area contributed by atoms with E-state index in [9.17, 15) is 13.2 Å². The molecule has 1 amide bonds. The molecule has 1 fully saturated rings. The summed E-state index contributed by atoms with van der Waals surface area (Å²) < 4.78 is 32.4. The highest BCUT2D eigenvalue weighted by atomic mass is 32.2. The van der Waals surface area contributed by atoms with Crippen molar-refractivity contribution in [1.29, 1.82) is 0 Å². The lowest BCUT2D eigenvalue weighted by atomic mass is 10.2. The Morgan fingerprint density at radius 3 is 2.81 bits per heavy atom. The van der Waals surface area contributed by atoms with Crippen LogP contribution in [0.5, 0.6) is 0 Å². The summed E-state index contributed by atoms with van der Waals surface area (Å²) >= 11 is 0. The molecule has 140 valence electrons. The maximum Gasteiger partial charge on any atom is 0.253 e. The standard InChI is InChI=1S/C18H23N3O4S/c1-20(2)16-6-8-21(12-16)18(22)15-4-3-5-17(10-15)26(23,24)19-11-14-7-9-25-13-14/h3-5,7,9-10,13,16,19H,6,8,11-12H2,1-2H3. The zero-order valence-corrected chi connectivity index (χ0v) is 15.7. The number of hydrogen-bond acceptors (Lipinski definition) is 5. The highest BCUT2D eigenvalue weighted by molar-refractivity contribution is 7.89. The minimum absolute atomic E-state index is 0.0789. The van der Waals surface area contributed by atoms with Crippen LogP contribution in [-0.4, -0.2) is 57.4 Å². The first-order valence-electron chi connectivity index (χ1n) is 8.43. The third-order valence-corrected chi connectivity index (χ3v) is 6.02. The number of amides is 1. The molecule has 8 heteroatoms. The highest BCUT2D eigenvalue weighted by Gasteiger charge is 2.28. The van der Waals surface area contributed by atoms with E-state index < -0.39 is 10.0 Å². The number of carbonyl (C=O) groups excluding carboxylic acids is 1. The predicted octanol–water partition coefficient (Wildman–Crippen LogP) is 1.53. The topological polar surface area (TPSA) is 82.9 Å². The molecule has 0 spiro atoms. The van der Waals surface area contributed by atoms with Gasteiger partial charge < -0.3 is 14.2 Å². The maximum absolute atomic E-state index is 12.7. The summed E-state index contributed by atoms with van der Waals surface area (Å²) in [5, 5.41) is 0. The average Bonchev–Trinajstić information content (AvgIpc) is 3.31. The highest BCUT2D eigenvalue weighted by Crippen LogP contribution is 2.19. The lowest BCUT2D eigenvalue weighted by Gasteiger charge is -2.20. The number of nitrogens with zero attached hydrogens (tertiary/aromatic N) is 2. The van der Waals surface area contributed by atoms with Gasteiger partial charge in [-0.2, -0.15) is 0 Å². The Hall–Kier alpha value is -2.16. The summed E-state index contributed by atoms with van der Waals surface area (Å²) in [5.41, 5.74) is 1.11. The fourth-order valence-electron chi connectivity index (χ4n) is 2.98. The minimum atomic E-state index is -3.71. The van der Waals surface area contributed by atoms with Crippen LogP contribution in [0.2, 0.25) is 0 Å². The summed E-state index contributed by atoms with van der Waals surface area (Å²) in [7, 11) is 0.284. The second kappa shape index (κ2) is 7.61. The van der Waals surface area contributed by atoms with Crippen molar-refractivity contribution >= 4 is 15.9 Å². The van der Waals surface area contributed by atoms with Crippen LogP contribution in [0.4, 0.5) is 0 Å². The normalized spacial score (nSPS) is 17.8. The first-order chi connectivity index (χ1) is 12.4. The van der Waals surface area contributed by atoms with Crippen LogP contribution in [0.3, 0.4) is 0 Å². The summed E-state index contributed by atoms with van der Waals surface area (Å²) in [6.45, 7) is 1.46. The molecule has 1 N–H and O–H groups in total. The van der Waals surface area contributed by atoms with Gasteiger partial charge in [0.25, 0.3) is 5.91 Å². The molecule has 1 atom stereocenters. The minimum Gasteiger partial charge on any atom is -0.472 e. The van der Waals surface area contributed by atoms with E-state index in [0.29, 0.717) is 24.7 Å². The number of carbonyl (C=O) groups is 1. The van der Waals surface area contributed by atoms with Gasteiger partial charge in [-0.1, -0.05) is 6.07 Å². The van der Waals surface area contributed by atoms with Gasteiger partial charge in [-0.3, -0.25) is 4.79 Å². The smallest absolute Gasteiger partial charge is 0.253 e. The molecule has 0 aliphatic carbocycles. The van der Waals surface area contributed by atoms with E-state index in [1.165, 1.54) is 24.7 Å². The molecule has 3 rings (SSSR count). The van der Waals surface area contributed by atoms with E-state index in [1.807, 2.05) is 14.1 Å². The number of sulfonamides is 1. The van der Waals surface area contributed by atoms with E-state index >= 15 is 0 Å². The quantitative estimate of drug-likeness (QED) is 0.826. The first kappa shape index (κ1) is 18.6. The van der Waals surface area contributed by atoms with Crippen molar-refractivity contribution in [3.8, 4) is 0 Å². The van der Waals surface area contributed by atoms with Gasteiger partial charge in [0.15, 0.2) is 0 Å². The molecule has 1 aliphatic rings. The molecule has 7 nitrogen and oxygen atoms in total. The lowest BCUT2D eigenvalue weighted by Crippen LogP contribution is -2.34. The van der Waals surface area contributed by atoms with Crippen LogP contribution < -0.4 is 4.72 Å². The van der Waals surface area contributed by atoms with Crippen molar-refractivity contribution in [1.82, 2.24) is 14.5 Å². The molecule has 0 saturated carbocycles. The van der Waals surface area contributed by atoms with Gasteiger partial charge >= 0.3 is 0 Å². The van der Waals surface area contributed by atoms with Gasteiger partial charge in [0.05, 0.1) is 17.4 Å². The van der Waals surface area contributed by atoms with Crippen molar-refractivity contribution in [2.45, 2.75) is 23.9 Å². The number of likely N-dealkylation sites (N-methyl/N-ethyl adjacent to an activating group) is 1. The predicted molar refractivity (Wildman–Crippen MR) is 97.2 cm³/mol. The van der Waals surface area contributed by atoms with Crippen LogP contribution in [0.1, 0.15) is 22.3 Å². The van der Waals surface area contributed by atoms with Gasteiger partial charge in [-0.05, 0) is 44.8 Å². The van der Waals surface area contributed by atoms with Crippen LogP contribution in [-0.2, 0) is 16.6 Å². The molecule has 1 aromatic carbocycles. The van der Waals surface area contributed by atoms with E-state index in [0.717, 1.165) is 12.0 Å². The van der Waals surface area contributed by atoms with Gasteiger partial charge in [-0.25, -0.2) is 13.1 Å². The third-order valence-electron chi connectivity index (χ3n) is 4.62. The molecule has 26 heavy (non-hydrogen) atoms. The zero-order valence-electron chi connectivity index (χ0n) is 14.9. The SMILES string of the molecule is CN(C)C1CCN(C(=O)c2cccc(S(=O)(=O)NCc3ccoc3)c2)C1. The fraction of sp³-hybridized carbons (Fsp3) is 0.389. The fourth-order valence-corrected chi connectivity index (χ4v) is 4.04. The number of rotatable bonds is 6. The largest absolute Gasteiger partial charge is 0.472 e. The summed E-state index contributed by atoms with van der Waals surface area (Å²) in [4.78, 5) is 16.7. The Labute approximate surface area is 153 Å². The molecule has 1 saturated heterocycles. The number of nitrogens with one attached hydrogen (secondary N) is 1. The van der Waals surface area contributed by atoms with Crippen molar-refractivity contribution in [2.24, 2.45) is 0 Å². The van der Waals surface area contributed by atoms with Crippen LogP contribution in [0.25, 0.3) is 0 Å². The molecule has 2 aromatic rings. The Balaban J connectivity index is 1.72. The Morgan fingerprint density at radius 1 is 1.35 bits per heavy atom. The first-order valence-corrected chi connectivity index (χ1v) is 9.91. The van der Waals surface area contributed by atoms with E-state index in [-0.39, 0.29) is 17.3 Å².